The van der Waals surface area contributed by atoms with Gasteiger partial charge in [0, 0.05) is 23.4 Å². The van der Waals surface area contributed by atoms with Crippen molar-refractivity contribution in [2.75, 3.05) is 12.8 Å². The molecule has 3 N–H and O–H groups in total. The standard InChI is InChI=1S/C16H14N4O2/c1-22-14-7-4-11(8-18-14)13-9-19-16(17)15(20-13)10-2-5-12(21)6-3-10/h2-9,21H,1H3,(H2,17,19). The molecule has 0 atom stereocenters. The summed E-state index contributed by atoms with van der Waals surface area (Å²) in [4.78, 5) is 12.9. The molecule has 0 saturated heterocycles. The number of pyridine rings is 1. The number of ether oxygens (including phenoxy) is 1. The minimum Gasteiger partial charge on any atom is -0.508 e. The van der Waals surface area contributed by atoms with Crippen molar-refractivity contribution in [1.82, 2.24) is 15.0 Å². The topological polar surface area (TPSA) is 94.2 Å². The first kappa shape index (κ1) is 13.8. The first-order chi connectivity index (χ1) is 10.7. The number of nitrogens with two attached hydrogens (primary N) is 1. The van der Waals surface area contributed by atoms with Gasteiger partial charge in [-0.2, -0.15) is 0 Å². The van der Waals surface area contributed by atoms with Crippen molar-refractivity contribution in [3.63, 3.8) is 0 Å². The first-order valence-electron chi connectivity index (χ1n) is 6.59. The van der Waals surface area contributed by atoms with E-state index < -0.39 is 0 Å². The average Bonchev–Trinajstić information content (AvgIpc) is 2.56. The summed E-state index contributed by atoms with van der Waals surface area (Å²) in [5.41, 5.74) is 8.73. The van der Waals surface area contributed by atoms with Gasteiger partial charge in [-0.05, 0) is 30.3 Å². The number of hydrogen-bond acceptors (Lipinski definition) is 6. The number of phenolic OH excluding ortho intramolecular Hbond substituents is 1. The lowest BCUT2D eigenvalue weighted by Crippen LogP contribution is -1.99. The van der Waals surface area contributed by atoms with Gasteiger partial charge in [0.25, 0.3) is 0 Å². The Bertz CT molecular complexity index is 786. The van der Waals surface area contributed by atoms with E-state index in [9.17, 15) is 5.11 Å². The lowest BCUT2D eigenvalue weighted by molar-refractivity contribution is 0.398. The van der Waals surface area contributed by atoms with Crippen molar-refractivity contribution in [3.05, 3.63) is 48.8 Å². The third-order valence-corrected chi connectivity index (χ3v) is 3.18. The number of methoxy groups -OCH3 is 1. The molecule has 0 aliphatic carbocycles. The third kappa shape index (κ3) is 2.67. The maximum Gasteiger partial charge on any atom is 0.212 e. The fourth-order valence-electron chi connectivity index (χ4n) is 2.02. The van der Waals surface area contributed by atoms with Gasteiger partial charge in [0.15, 0.2) is 0 Å². The zero-order valence-electron chi connectivity index (χ0n) is 11.9. The van der Waals surface area contributed by atoms with E-state index in [1.807, 2.05) is 6.07 Å². The highest BCUT2D eigenvalue weighted by atomic mass is 16.5. The number of phenols is 1. The molecule has 0 bridgehead atoms. The molecule has 0 radical (unpaired) electrons. The molecule has 3 aromatic rings. The Morgan fingerprint density at radius 1 is 0.955 bits per heavy atom. The number of benzene rings is 1. The van der Waals surface area contributed by atoms with E-state index >= 15 is 0 Å². The van der Waals surface area contributed by atoms with Crippen molar-refractivity contribution in [1.29, 1.82) is 0 Å². The van der Waals surface area contributed by atoms with Gasteiger partial charge in [0.1, 0.15) is 17.3 Å². The second-order valence-electron chi connectivity index (χ2n) is 4.63. The number of nitrogen functional groups attached to an aromatic ring is 1. The molecule has 22 heavy (non-hydrogen) atoms. The largest absolute Gasteiger partial charge is 0.508 e. The molecule has 6 heteroatoms. The van der Waals surface area contributed by atoms with Crippen LogP contribution in [-0.4, -0.2) is 27.2 Å². The molecule has 0 aliphatic rings. The Balaban J connectivity index is 2.03. The molecule has 2 aromatic heterocycles. The van der Waals surface area contributed by atoms with Crippen molar-refractivity contribution in [2.45, 2.75) is 0 Å². The van der Waals surface area contributed by atoms with Gasteiger partial charge in [0.05, 0.1) is 19.0 Å². The maximum absolute atomic E-state index is 9.37. The van der Waals surface area contributed by atoms with E-state index in [1.165, 1.54) is 0 Å². The summed E-state index contributed by atoms with van der Waals surface area (Å²) in [6.45, 7) is 0. The smallest absolute Gasteiger partial charge is 0.212 e. The highest BCUT2D eigenvalue weighted by Crippen LogP contribution is 2.27. The summed E-state index contributed by atoms with van der Waals surface area (Å²) >= 11 is 0. The van der Waals surface area contributed by atoms with Crippen molar-refractivity contribution in [3.8, 4) is 34.1 Å². The number of hydrogen-bond donors (Lipinski definition) is 2. The minimum absolute atomic E-state index is 0.186. The van der Waals surface area contributed by atoms with Gasteiger partial charge >= 0.3 is 0 Å². The van der Waals surface area contributed by atoms with E-state index in [2.05, 4.69) is 15.0 Å². The summed E-state index contributed by atoms with van der Waals surface area (Å²) in [5, 5.41) is 9.37. The summed E-state index contributed by atoms with van der Waals surface area (Å²) in [5.74, 6) is 1.05. The van der Waals surface area contributed by atoms with Gasteiger partial charge in [-0.3, -0.25) is 0 Å². The highest BCUT2D eigenvalue weighted by molar-refractivity contribution is 5.73. The summed E-state index contributed by atoms with van der Waals surface area (Å²) in [6.07, 6.45) is 3.27. The SMILES string of the molecule is COc1ccc(-c2cnc(N)c(-c3ccc(O)cc3)n2)cn1. The lowest BCUT2D eigenvalue weighted by Gasteiger charge is -2.08. The Morgan fingerprint density at radius 3 is 2.32 bits per heavy atom. The van der Waals surface area contributed by atoms with Gasteiger partial charge in [-0.25, -0.2) is 15.0 Å². The predicted molar refractivity (Wildman–Crippen MR) is 83.3 cm³/mol. The average molecular weight is 294 g/mol. The zero-order chi connectivity index (χ0) is 15.5. The van der Waals surface area contributed by atoms with Crippen molar-refractivity contribution >= 4 is 5.82 Å². The van der Waals surface area contributed by atoms with Crippen LogP contribution < -0.4 is 10.5 Å². The Hall–Kier alpha value is -3.15. The zero-order valence-corrected chi connectivity index (χ0v) is 11.9. The van der Waals surface area contributed by atoms with Crippen LogP contribution in [0.4, 0.5) is 5.82 Å². The molecule has 0 saturated carbocycles. The van der Waals surface area contributed by atoms with E-state index in [-0.39, 0.29) is 5.75 Å². The number of rotatable bonds is 3. The van der Waals surface area contributed by atoms with Crippen molar-refractivity contribution in [2.24, 2.45) is 0 Å². The van der Waals surface area contributed by atoms with Crippen LogP contribution in [0.5, 0.6) is 11.6 Å². The van der Waals surface area contributed by atoms with Gasteiger partial charge in [0.2, 0.25) is 5.88 Å². The molecular formula is C16H14N4O2. The second kappa shape index (κ2) is 5.69. The Labute approximate surface area is 127 Å². The molecule has 1 aromatic carbocycles. The normalized spacial score (nSPS) is 10.4. The Kier molecular flexibility index (Phi) is 3.57. The number of nitrogens with zero attached hydrogens (tertiary/aromatic N) is 3. The van der Waals surface area contributed by atoms with Crippen LogP contribution in [0.15, 0.2) is 48.8 Å². The number of aromatic hydroxyl groups is 1. The molecule has 6 nitrogen and oxygen atoms in total. The van der Waals surface area contributed by atoms with Gasteiger partial charge < -0.3 is 15.6 Å². The molecule has 0 aliphatic heterocycles. The van der Waals surface area contributed by atoms with E-state index in [0.29, 0.717) is 23.1 Å². The monoisotopic (exact) mass is 294 g/mol. The lowest BCUT2D eigenvalue weighted by atomic mass is 10.1. The van der Waals surface area contributed by atoms with E-state index in [0.717, 1.165) is 11.1 Å². The van der Waals surface area contributed by atoms with Crippen molar-refractivity contribution < 1.29 is 9.84 Å². The Morgan fingerprint density at radius 2 is 1.68 bits per heavy atom. The molecule has 3 rings (SSSR count). The molecule has 0 amide bonds. The first-order valence-corrected chi connectivity index (χ1v) is 6.59. The van der Waals surface area contributed by atoms with E-state index in [4.69, 9.17) is 10.5 Å². The predicted octanol–water partition coefficient (Wildman–Crippen LogP) is 2.50. The van der Waals surface area contributed by atoms with Crippen LogP contribution in [0.3, 0.4) is 0 Å². The summed E-state index contributed by atoms with van der Waals surface area (Å²) in [6, 6.07) is 10.3. The minimum atomic E-state index is 0.186. The quantitative estimate of drug-likeness (QED) is 0.770. The summed E-state index contributed by atoms with van der Waals surface area (Å²) < 4.78 is 5.04. The maximum atomic E-state index is 9.37. The van der Waals surface area contributed by atoms with Gasteiger partial charge in [-0.1, -0.05) is 0 Å². The van der Waals surface area contributed by atoms with Crippen LogP contribution in [0.25, 0.3) is 22.5 Å². The van der Waals surface area contributed by atoms with Crippen LogP contribution in [0.1, 0.15) is 0 Å². The number of anilines is 1. The van der Waals surface area contributed by atoms with Crippen LogP contribution >= 0.6 is 0 Å². The fourth-order valence-corrected chi connectivity index (χ4v) is 2.02. The molecule has 0 unspecified atom stereocenters. The molecule has 0 spiro atoms. The third-order valence-electron chi connectivity index (χ3n) is 3.18. The molecular weight excluding hydrogens is 280 g/mol. The second-order valence-corrected chi connectivity index (χ2v) is 4.63. The summed E-state index contributed by atoms with van der Waals surface area (Å²) in [7, 11) is 1.56. The molecule has 0 fully saturated rings. The van der Waals surface area contributed by atoms with E-state index in [1.54, 1.807) is 49.8 Å². The molecule has 110 valence electrons. The van der Waals surface area contributed by atoms with Crippen LogP contribution in [0, 0.1) is 0 Å². The van der Waals surface area contributed by atoms with Crippen LogP contribution in [0.2, 0.25) is 0 Å². The van der Waals surface area contributed by atoms with Crippen LogP contribution in [-0.2, 0) is 0 Å². The van der Waals surface area contributed by atoms with Gasteiger partial charge in [-0.15, -0.1) is 0 Å². The number of aromatic nitrogens is 3. The molecule has 2 heterocycles. The fraction of sp³-hybridized carbons (Fsp3) is 0.0625. The highest BCUT2D eigenvalue weighted by Gasteiger charge is 2.09.